The van der Waals surface area contributed by atoms with E-state index in [0.717, 1.165) is 0 Å². The van der Waals surface area contributed by atoms with Gasteiger partial charge in [-0.25, -0.2) is 8.78 Å². The van der Waals surface area contributed by atoms with Gasteiger partial charge in [0, 0.05) is 0 Å². The summed E-state index contributed by atoms with van der Waals surface area (Å²) in [5.74, 6) is -0.908. The molecule has 0 aliphatic rings. The van der Waals surface area contributed by atoms with Crippen molar-refractivity contribution < 1.29 is 18.5 Å². The molecule has 82 valence electrons. The Labute approximate surface area is 87.3 Å². The Kier molecular flexibility index (Phi) is 3.20. The molecule has 0 aliphatic heterocycles. The van der Waals surface area contributed by atoms with Crippen LogP contribution in [0.25, 0.3) is 0 Å². The van der Waals surface area contributed by atoms with Crippen LogP contribution in [0.1, 0.15) is 28.0 Å². The maximum atomic E-state index is 12.4. The van der Waals surface area contributed by atoms with Crippen LogP contribution in [-0.2, 0) is 0 Å². The molecule has 8 heteroatoms. The molecule has 0 saturated heterocycles. The Morgan fingerprint density at radius 2 is 2.25 bits per heavy atom. The topological polar surface area (TPSA) is 96.9 Å². The molecule has 0 spiro atoms. The van der Waals surface area contributed by atoms with E-state index in [9.17, 15) is 23.7 Å². The summed E-state index contributed by atoms with van der Waals surface area (Å²) in [5, 5.41) is 18.9. The van der Waals surface area contributed by atoms with Gasteiger partial charge >= 0.3 is 5.82 Å². The first-order valence-corrected chi connectivity index (χ1v) is 3.84. The van der Waals surface area contributed by atoms with Crippen molar-refractivity contribution in [3.8, 4) is 6.07 Å². The highest BCUT2D eigenvalue weighted by molar-refractivity contribution is 5.76. The number of pyridine rings is 1. The van der Waals surface area contributed by atoms with Crippen molar-refractivity contribution in [2.75, 3.05) is 0 Å². The van der Waals surface area contributed by atoms with Crippen molar-refractivity contribution in [1.29, 1.82) is 5.26 Å². The zero-order valence-corrected chi connectivity index (χ0v) is 7.55. The summed E-state index contributed by atoms with van der Waals surface area (Å²) in [6.07, 6.45) is -3.05. The number of nitro groups is 1. The molecule has 0 saturated carbocycles. The Bertz CT molecular complexity index is 496. The number of rotatable bonds is 3. The van der Waals surface area contributed by atoms with Gasteiger partial charge in [0.05, 0.1) is 5.56 Å². The van der Waals surface area contributed by atoms with Crippen LogP contribution in [0, 0.1) is 21.4 Å². The lowest BCUT2D eigenvalue weighted by Gasteiger charge is -2.01. The van der Waals surface area contributed by atoms with Crippen LogP contribution in [0.5, 0.6) is 0 Å². The smallest absolute Gasteiger partial charge is 0.358 e. The molecular formula is C8H3F2N3O3. The van der Waals surface area contributed by atoms with Gasteiger partial charge in [-0.05, 0) is 16.0 Å². The molecule has 0 aromatic carbocycles. The molecule has 0 bridgehead atoms. The van der Waals surface area contributed by atoms with Crippen molar-refractivity contribution in [3.63, 3.8) is 0 Å². The van der Waals surface area contributed by atoms with Crippen LogP contribution in [0.15, 0.2) is 6.07 Å². The monoisotopic (exact) mass is 227 g/mol. The molecular weight excluding hydrogens is 224 g/mol. The van der Waals surface area contributed by atoms with E-state index < -0.39 is 34.0 Å². The van der Waals surface area contributed by atoms with E-state index in [1.54, 1.807) is 0 Å². The largest absolute Gasteiger partial charge is 0.382 e. The number of carbonyl (C=O) groups is 1. The molecule has 0 atom stereocenters. The number of carbonyl (C=O) groups excluding carboxylic acids is 1. The predicted octanol–water partition coefficient (Wildman–Crippen LogP) is 1.61. The lowest BCUT2D eigenvalue weighted by Crippen LogP contribution is -2.04. The second kappa shape index (κ2) is 4.39. The molecule has 6 nitrogen and oxygen atoms in total. The Balaban J connectivity index is 3.54. The molecule has 0 aliphatic carbocycles. The fraction of sp³-hybridized carbons (Fsp3) is 0.125. The van der Waals surface area contributed by atoms with E-state index in [1.165, 1.54) is 6.07 Å². The maximum Gasteiger partial charge on any atom is 0.382 e. The van der Waals surface area contributed by atoms with Crippen LogP contribution in [0.2, 0.25) is 0 Å². The van der Waals surface area contributed by atoms with Gasteiger partial charge < -0.3 is 10.1 Å². The third-order valence-corrected chi connectivity index (χ3v) is 1.70. The van der Waals surface area contributed by atoms with Gasteiger partial charge in [0.15, 0.2) is 11.8 Å². The molecule has 16 heavy (non-hydrogen) atoms. The summed E-state index contributed by atoms with van der Waals surface area (Å²) in [5.41, 5.74) is -2.14. The second-order valence-electron chi connectivity index (χ2n) is 2.62. The molecule has 1 aromatic heterocycles. The highest BCUT2D eigenvalue weighted by Gasteiger charge is 2.25. The van der Waals surface area contributed by atoms with E-state index in [0.29, 0.717) is 6.07 Å². The molecule has 0 unspecified atom stereocenters. The average molecular weight is 227 g/mol. The Hall–Kier alpha value is -2.43. The minimum Gasteiger partial charge on any atom is -0.358 e. The normalized spacial score (nSPS) is 9.88. The Morgan fingerprint density at radius 3 is 2.62 bits per heavy atom. The number of hydrogen-bond acceptors (Lipinski definition) is 5. The summed E-state index contributed by atoms with van der Waals surface area (Å²) in [6.45, 7) is 0. The number of nitriles is 1. The lowest BCUT2D eigenvalue weighted by atomic mass is 10.1. The van der Waals surface area contributed by atoms with Crippen LogP contribution in [-0.4, -0.2) is 16.2 Å². The first kappa shape index (κ1) is 11.6. The number of alkyl halides is 2. The van der Waals surface area contributed by atoms with Gasteiger partial charge in [0.2, 0.25) is 5.69 Å². The van der Waals surface area contributed by atoms with Crippen molar-refractivity contribution >= 4 is 12.1 Å². The van der Waals surface area contributed by atoms with Gasteiger partial charge in [-0.2, -0.15) is 5.26 Å². The van der Waals surface area contributed by atoms with Crippen molar-refractivity contribution in [2.24, 2.45) is 0 Å². The fourth-order valence-electron chi connectivity index (χ4n) is 1.02. The van der Waals surface area contributed by atoms with Gasteiger partial charge in [-0.3, -0.25) is 4.79 Å². The van der Waals surface area contributed by atoms with E-state index >= 15 is 0 Å². The summed E-state index contributed by atoms with van der Waals surface area (Å²) in [6, 6.07) is 1.97. The minimum absolute atomic E-state index is 0.0182. The number of nitrogens with zero attached hydrogens (tertiary/aromatic N) is 3. The number of hydrogen-bond donors (Lipinski definition) is 0. The van der Waals surface area contributed by atoms with Crippen molar-refractivity contribution in [1.82, 2.24) is 4.98 Å². The second-order valence-corrected chi connectivity index (χ2v) is 2.62. The van der Waals surface area contributed by atoms with E-state index in [1.807, 2.05) is 0 Å². The number of aromatic nitrogens is 1. The van der Waals surface area contributed by atoms with Crippen molar-refractivity contribution in [2.45, 2.75) is 6.43 Å². The third kappa shape index (κ3) is 1.98. The first-order chi connectivity index (χ1) is 7.51. The molecule has 0 fully saturated rings. The molecule has 1 aromatic rings. The van der Waals surface area contributed by atoms with Gasteiger partial charge in [-0.1, -0.05) is 0 Å². The third-order valence-electron chi connectivity index (χ3n) is 1.70. The Morgan fingerprint density at radius 1 is 1.62 bits per heavy atom. The van der Waals surface area contributed by atoms with Gasteiger partial charge in [0.1, 0.15) is 6.07 Å². The van der Waals surface area contributed by atoms with E-state index in [4.69, 9.17) is 5.26 Å². The summed E-state index contributed by atoms with van der Waals surface area (Å²) in [7, 11) is 0. The van der Waals surface area contributed by atoms with Crippen LogP contribution >= 0.6 is 0 Å². The van der Waals surface area contributed by atoms with Crippen LogP contribution < -0.4 is 0 Å². The highest BCUT2D eigenvalue weighted by Crippen LogP contribution is 2.25. The first-order valence-electron chi connectivity index (χ1n) is 3.84. The minimum atomic E-state index is -3.03. The van der Waals surface area contributed by atoms with E-state index in [2.05, 4.69) is 4.98 Å². The fourth-order valence-corrected chi connectivity index (χ4v) is 1.02. The molecule has 1 heterocycles. The SMILES string of the molecule is N#Cc1cc(C(F)F)c(C=O)nc1[N+](=O)[O-]. The van der Waals surface area contributed by atoms with Crippen LogP contribution in [0.3, 0.4) is 0 Å². The zero-order chi connectivity index (χ0) is 12.3. The summed E-state index contributed by atoms with van der Waals surface area (Å²) in [4.78, 5) is 22.9. The number of aldehydes is 1. The lowest BCUT2D eigenvalue weighted by molar-refractivity contribution is -0.389. The van der Waals surface area contributed by atoms with Gasteiger partial charge in [0.25, 0.3) is 6.43 Å². The standard InChI is InChI=1S/C8H3F2N3O3/c9-7(10)5-1-4(2-11)8(13(15)16)12-6(5)3-14/h1,3,7H. The maximum absolute atomic E-state index is 12.4. The zero-order valence-electron chi connectivity index (χ0n) is 7.55. The van der Waals surface area contributed by atoms with Crippen molar-refractivity contribution in [3.05, 3.63) is 33.0 Å². The quantitative estimate of drug-likeness (QED) is 0.443. The molecule has 0 radical (unpaired) electrons. The summed E-state index contributed by atoms with van der Waals surface area (Å²) < 4.78 is 24.8. The molecule has 1 rings (SSSR count). The summed E-state index contributed by atoms with van der Waals surface area (Å²) >= 11 is 0. The average Bonchev–Trinajstić information content (AvgIpc) is 2.26. The molecule has 0 amide bonds. The highest BCUT2D eigenvalue weighted by atomic mass is 19.3. The van der Waals surface area contributed by atoms with Crippen LogP contribution in [0.4, 0.5) is 14.6 Å². The number of halogens is 2. The van der Waals surface area contributed by atoms with Gasteiger partial charge in [-0.15, -0.1) is 0 Å². The predicted molar refractivity (Wildman–Crippen MR) is 46.0 cm³/mol. The molecule has 0 N–H and O–H groups in total. The van der Waals surface area contributed by atoms with E-state index in [-0.39, 0.29) is 6.29 Å².